The van der Waals surface area contributed by atoms with Crippen molar-refractivity contribution in [3.63, 3.8) is 0 Å². The van der Waals surface area contributed by atoms with Gasteiger partial charge in [-0.3, -0.25) is 13.9 Å². The average molecular weight is 550 g/mol. The highest BCUT2D eigenvalue weighted by molar-refractivity contribution is 7.92. The summed E-state index contributed by atoms with van der Waals surface area (Å²) in [5.74, 6) is -0.729. The fraction of sp³-hybridized carbons (Fsp3) is 0.355. The molecular weight excluding hydrogens is 510 g/mol. The zero-order valence-electron chi connectivity index (χ0n) is 23.3. The van der Waals surface area contributed by atoms with Crippen LogP contribution >= 0.6 is 0 Å². The van der Waals surface area contributed by atoms with Crippen LogP contribution in [0.3, 0.4) is 0 Å². The topological polar surface area (TPSA) is 86.8 Å². The molecule has 3 aromatic carbocycles. The lowest BCUT2D eigenvalue weighted by Crippen LogP contribution is -2.51. The summed E-state index contributed by atoms with van der Waals surface area (Å²) in [5, 5.41) is 2.90. The largest absolute Gasteiger partial charge is 0.354 e. The van der Waals surface area contributed by atoms with E-state index in [-0.39, 0.29) is 17.3 Å². The van der Waals surface area contributed by atoms with Crippen LogP contribution in [0.1, 0.15) is 50.3 Å². The zero-order chi connectivity index (χ0) is 28.4. The van der Waals surface area contributed by atoms with E-state index in [0.29, 0.717) is 18.7 Å². The van der Waals surface area contributed by atoms with Crippen molar-refractivity contribution in [1.29, 1.82) is 0 Å². The first-order valence-electron chi connectivity index (χ1n) is 13.5. The third-order valence-corrected chi connectivity index (χ3v) is 8.50. The third kappa shape index (κ3) is 7.69. The predicted molar refractivity (Wildman–Crippen MR) is 156 cm³/mol. The van der Waals surface area contributed by atoms with Gasteiger partial charge in [0.2, 0.25) is 11.8 Å². The maximum Gasteiger partial charge on any atom is 0.264 e. The Balaban J connectivity index is 2.02. The quantitative estimate of drug-likeness (QED) is 0.301. The van der Waals surface area contributed by atoms with E-state index in [4.69, 9.17) is 0 Å². The number of para-hydroxylation sites is 1. The van der Waals surface area contributed by atoms with Crippen LogP contribution < -0.4 is 9.62 Å². The van der Waals surface area contributed by atoms with Crippen LogP contribution in [0.15, 0.2) is 83.8 Å². The first kappa shape index (κ1) is 29.9. The second-order valence-electron chi connectivity index (χ2n) is 9.63. The summed E-state index contributed by atoms with van der Waals surface area (Å²) in [6, 6.07) is 22.4. The van der Waals surface area contributed by atoms with Crippen molar-refractivity contribution < 1.29 is 18.0 Å². The molecule has 0 fully saturated rings. The highest BCUT2D eigenvalue weighted by atomic mass is 32.2. The lowest BCUT2D eigenvalue weighted by molar-refractivity contribution is -0.139. The maximum absolute atomic E-state index is 14.0. The molecule has 1 N–H and O–H groups in total. The van der Waals surface area contributed by atoms with Crippen molar-refractivity contribution in [3.8, 4) is 0 Å². The van der Waals surface area contributed by atoms with Gasteiger partial charge in [-0.05, 0) is 56.0 Å². The van der Waals surface area contributed by atoms with Gasteiger partial charge < -0.3 is 10.2 Å². The second-order valence-corrected chi connectivity index (χ2v) is 11.5. The van der Waals surface area contributed by atoms with E-state index in [1.54, 1.807) is 43.3 Å². The van der Waals surface area contributed by atoms with E-state index in [9.17, 15) is 18.0 Å². The second kappa shape index (κ2) is 13.9. The summed E-state index contributed by atoms with van der Waals surface area (Å²) in [5.41, 5.74) is 3.04. The number of hydrogen-bond acceptors (Lipinski definition) is 4. The smallest absolute Gasteiger partial charge is 0.264 e. The molecule has 208 valence electrons. The number of unbranched alkanes of at least 4 members (excludes halogenated alkanes) is 1. The Morgan fingerprint density at radius 1 is 0.897 bits per heavy atom. The molecule has 1 atom stereocenters. The minimum atomic E-state index is -4.08. The fourth-order valence-electron chi connectivity index (χ4n) is 4.30. The van der Waals surface area contributed by atoms with Crippen molar-refractivity contribution in [1.82, 2.24) is 10.2 Å². The highest BCUT2D eigenvalue weighted by Crippen LogP contribution is 2.28. The molecule has 0 unspecified atom stereocenters. The van der Waals surface area contributed by atoms with Crippen molar-refractivity contribution in [2.75, 3.05) is 17.4 Å². The summed E-state index contributed by atoms with van der Waals surface area (Å²) in [6.07, 6.45) is 2.36. The minimum Gasteiger partial charge on any atom is -0.354 e. The normalized spacial score (nSPS) is 12.0. The van der Waals surface area contributed by atoms with Gasteiger partial charge in [0.1, 0.15) is 12.6 Å². The van der Waals surface area contributed by atoms with Crippen LogP contribution in [0.25, 0.3) is 0 Å². The number of aryl methyl sites for hydroxylation is 2. The summed E-state index contributed by atoms with van der Waals surface area (Å²) in [6.45, 7) is 7.81. The maximum atomic E-state index is 14.0. The monoisotopic (exact) mass is 549 g/mol. The Morgan fingerprint density at radius 2 is 1.54 bits per heavy atom. The first-order chi connectivity index (χ1) is 18.7. The number of nitrogens with one attached hydrogen (secondary N) is 1. The molecular formula is C31H39N3O4S. The Hall–Kier alpha value is -3.65. The average Bonchev–Trinajstić information content (AvgIpc) is 2.95. The van der Waals surface area contributed by atoms with Crippen molar-refractivity contribution >= 4 is 27.5 Å². The standard InChI is InChI=1S/C31H39N3O4S/c1-5-7-21-32-31(36)25(4)33(22-26-13-9-8-10-14-26)30(35)23-34(29-16-12-11-15-27(29)6-2)39(37,38)28-19-17-24(3)18-20-28/h8-20,25H,5-7,21-23H2,1-4H3,(H,32,36)/t25-/m1/s1. The van der Waals surface area contributed by atoms with Gasteiger partial charge in [-0.25, -0.2) is 8.42 Å². The number of carbonyl (C=O) groups is 2. The molecule has 0 bridgehead atoms. The first-order valence-corrected chi connectivity index (χ1v) is 14.9. The molecule has 0 aliphatic carbocycles. The molecule has 0 aromatic heterocycles. The SMILES string of the molecule is CCCCNC(=O)[C@@H](C)N(Cc1ccccc1)C(=O)CN(c1ccccc1CC)S(=O)(=O)c1ccc(C)cc1. The van der Waals surface area contributed by atoms with E-state index in [1.807, 2.05) is 63.2 Å². The van der Waals surface area contributed by atoms with Gasteiger partial charge in [0, 0.05) is 13.1 Å². The number of benzene rings is 3. The Bertz CT molecular complexity index is 1340. The van der Waals surface area contributed by atoms with Crippen LogP contribution in [0.5, 0.6) is 0 Å². The van der Waals surface area contributed by atoms with Crippen LogP contribution in [-0.2, 0) is 32.6 Å². The lowest BCUT2D eigenvalue weighted by Gasteiger charge is -2.32. The Kier molecular flexibility index (Phi) is 10.7. The lowest BCUT2D eigenvalue weighted by atomic mass is 10.1. The number of rotatable bonds is 13. The number of sulfonamides is 1. The van der Waals surface area contributed by atoms with Crippen molar-refractivity contribution in [3.05, 3.63) is 95.6 Å². The highest BCUT2D eigenvalue weighted by Gasteiger charge is 2.33. The number of anilines is 1. The molecule has 2 amide bonds. The number of nitrogens with zero attached hydrogens (tertiary/aromatic N) is 2. The predicted octanol–water partition coefficient (Wildman–Crippen LogP) is 5.09. The van der Waals surface area contributed by atoms with E-state index in [1.165, 1.54) is 9.21 Å². The van der Waals surface area contributed by atoms with E-state index in [0.717, 1.165) is 29.5 Å². The molecule has 3 rings (SSSR count). The molecule has 0 spiro atoms. The molecule has 0 saturated heterocycles. The molecule has 3 aromatic rings. The Labute approximate surface area is 232 Å². The molecule has 39 heavy (non-hydrogen) atoms. The van der Waals surface area contributed by atoms with Gasteiger partial charge in [-0.2, -0.15) is 0 Å². The third-order valence-electron chi connectivity index (χ3n) is 6.72. The van der Waals surface area contributed by atoms with Crippen LogP contribution in [0.2, 0.25) is 0 Å². The molecule has 0 aliphatic rings. The number of amides is 2. The summed E-state index contributed by atoms with van der Waals surface area (Å²) >= 11 is 0. The summed E-state index contributed by atoms with van der Waals surface area (Å²) in [7, 11) is -4.08. The molecule has 7 nitrogen and oxygen atoms in total. The van der Waals surface area contributed by atoms with Crippen molar-refractivity contribution in [2.45, 2.75) is 64.4 Å². The fourth-order valence-corrected chi connectivity index (χ4v) is 5.75. The molecule has 8 heteroatoms. The van der Waals surface area contributed by atoms with E-state index >= 15 is 0 Å². The van der Waals surface area contributed by atoms with Gasteiger partial charge in [-0.1, -0.05) is 86.5 Å². The molecule has 0 heterocycles. The van der Waals surface area contributed by atoms with Gasteiger partial charge in [0.15, 0.2) is 0 Å². The van der Waals surface area contributed by atoms with Gasteiger partial charge in [-0.15, -0.1) is 0 Å². The Morgan fingerprint density at radius 3 is 2.18 bits per heavy atom. The van der Waals surface area contributed by atoms with Crippen LogP contribution in [0, 0.1) is 6.92 Å². The van der Waals surface area contributed by atoms with Crippen LogP contribution in [0.4, 0.5) is 5.69 Å². The zero-order valence-corrected chi connectivity index (χ0v) is 24.1. The van der Waals surface area contributed by atoms with Crippen LogP contribution in [-0.4, -0.2) is 44.3 Å². The minimum absolute atomic E-state index is 0.103. The summed E-state index contributed by atoms with van der Waals surface area (Å²) in [4.78, 5) is 28.6. The van der Waals surface area contributed by atoms with Gasteiger partial charge in [0.25, 0.3) is 10.0 Å². The number of hydrogen-bond donors (Lipinski definition) is 1. The van der Waals surface area contributed by atoms with Gasteiger partial charge in [0.05, 0.1) is 10.6 Å². The molecule has 0 saturated carbocycles. The van der Waals surface area contributed by atoms with Crippen molar-refractivity contribution in [2.24, 2.45) is 0 Å². The van der Waals surface area contributed by atoms with Gasteiger partial charge >= 0.3 is 0 Å². The van der Waals surface area contributed by atoms with E-state index < -0.39 is 28.5 Å². The van der Waals surface area contributed by atoms with E-state index in [2.05, 4.69) is 5.32 Å². The number of carbonyl (C=O) groups excluding carboxylic acids is 2. The molecule has 0 radical (unpaired) electrons. The summed E-state index contributed by atoms with van der Waals surface area (Å²) < 4.78 is 29.1. The molecule has 0 aliphatic heterocycles.